The maximum Gasteiger partial charge on any atom is 0.227 e. The van der Waals surface area contributed by atoms with Crippen LogP contribution >= 0.6 is 0 Å². The first-order chi connectivity index (χ1) is 11.1. The van der Waals surface area contributed by atoms with E-state index in [0.29, 0.717) is 23.6 Å². The molecule has 1 amide bonds. The summed E-state index contributed by atoms with van der Waals surface area (Å²) in [5.41, 5.74) is 0.665. The van der Waals surface area contributed by atoms with Gasteiger partial charge in [-0.05, 0) is 36.8 Å². The Morgan fingerprint density at radius 3 is 2.61 bits per heavy atom. The van der Waals surface area contributed by atoms with Crippen molar-refractivity contribution in [3.63, 3.8) is 0 Å². The molecule has 0 aliphatic rings. The van der Waals surface area contributed by atoms with Crippen LogP contribution < -0.4 is 10.1 Å². The molecular weight excluding hydrogens is 310 g/mol. The van der Waals surface area contributed by atoms with E-state index in [2.05, 4.69) is 5.32 Å². The van der Waals surface area contributed by atoms with Gasteiger partial charge in [0.2, 0.25) is 5.91 Å². The van der Waals surface area contributed by atoms with E-state index in [1.807, 2.05) is 37.3 Å². The van der Waals surface area contributed by atoms with Crippen LogP contribution in [0.15, 0.2) is 59.5 Å². The summed E-state index contributed by atoms with van der Waals surface area (Å²) in [6.45, 7) is 2.35. The Kier molecular flexibility index (Phi) is 6.35. The number of anilines is 1. The molecule has 0 radical (unpaired) electrons. The van der Waals surface area contributed by atoms with Crippen molar-refractivity contribution >= 4 is 22.4 Å². The molecular formula is C18H21NO3S. The number of carbonyl (C=O) groups excluding carboxylic acids is 1. The molecule has 23 heavy (non-hydrogen) atoms. The third kappa shape index (κ3) is 5.53. The number of hydrogen-bond acceptors (Lipinski definition) is 3. The summed E-state index contributed by atoms with van der Waals surface area (Å²) < 4.78 is 17.1. The number of nitrogens with one attached hydrogen (secondary N) is 1. The summed E-state index contributed by atoms with van der Waals surface area (Å²) in [5.74, 6) is 0.563. The highest BCUT2D eigenvalue weighted by molar-refractivity contribution is 7.84. The van der Waals surface area contributed by atoms with Gasteiger partial charge < -0.3 is 10.1 Å². The van der Waals surface area contributed by atoms with E-state index in [9.17, 15) is 9.00 Å². The molecule has 0 saturated carbocycles. The summed E-state index contributed by atoms with van der Waals surface area (Å²) in [5, 5.41) is 2.86. The number of rotatable bonds is 7. The molecule has 2 aromatic carbocycles. The van der Waals surface area contributed by atoms with Crippen LogP contribution in [0.5, 0.6) is 5.75 Å². The molecule has 0 saturated heterocycles. The Balaban J connectivity index is 1.83. The van der Waals surface area contributed by atoms with E-state index < -0.39 is 10.8 Å². The third-order valence-electron chi connectivity index (χ3n) is 3.44. The first-order valence-corrected chi connectivity index (χ1v) is 9.04. The minimum atomic E-state index is -1.06. The molecule has 2 rings (SSSR count). The van der Waals surface area contributed by atoms with Crippen molar-refractivity contribution < 1.29 is 13.7 Å². The van der Waals surface area contributed by atoms with Crippen molar-refractivity contribution in [2.24, 2.45) is 5.92 Å². The van der Waals surface area contributed by atoms with Gasteiger partial charge >= 0.3 is 0 Å². The van der Waals surface area contributed by atoms with Gasteiger partial charge in [0.15, 0.2) is 0 Å². The number of carbonyl (C=O) groups is 1. The van der Waals surface area contributed by atoms with Crippen molar-refractivity contribution in [3.05, 3.63) is 54.6 Å². The molecule has 1 N–H and O–H groups in total. The fourth-order valence-electron chi connectivity index (χ4n) is 2.02. The third-order valence-corrected chi connectivity index (χ3v) is 4.36. The zero-order chi connectivity index (χ0) is 16.7. The lowest BCUT2D eigenvalue weighted by atomic mass is 10.1. The van der Waals surface area contributed by atoms with Gasteiger partial charge in [-0.25, -0.2) is 0 Å². The first-order valence-electron chi connectivity index (χ1n) is 7.48. The monoisotopic (exact) mass is 331 g/mol. The smallest absolute Gasteiger partial charge is 0.227 e. The van der Waals surface area contributed by atoms with Gasteiger partial charge in [-0.3, -0.25) is 9.00 Å². The summed E-state index contributed by atoms with van der Waals surface area (Å²) in [6.07, 6.45) is 2.24. The predicted molar refractivity (Wildman–Crippen MR) is 93.1 cm³/mol. The van der Waals surface area contributed by atoms with E-state index in [0.717, 1.165) is 5.75 Å². The molecule has 0 fully saturated rings. The van der Waals surface area contributed by atoms with Crippen molar-refractivity contribution in [3.8, 4) is 5.75 Å². The average molecular weight is 331 g/mol. The zero-order valence-corrected chi connectivity index (χ0v) is 14.1. The first kappa shape index (κ1) is 17.2. The fraction of sp³-hybridized carbons (Fsp3) is 0.278. The second-order valence-electron chi connectivity index (χ2n) is 5.32. The minimum absolute atomic E-state index is 0.0688. The van der Waals surface area contributed by atoms with Crippen LogP contribution in [-0.4, -0.2) is 23.0 Å². The van der Waals surface area contributed by atoms with Gasteiger partial charge in [0.1, 0.15) is 5.75 Å². The Hall–Kier alpha value is -2.14. The van der Waals surface area contributed by atoms with E-state index in [-0.39, 0.29) is 11.8 Å². The largest absolute Gasteiger partial charge is 0.494 e. The SMILES string of the molecule is CC(CCOc1ccccc1)C(=O)Nc1cccc(S(C)=O)c1. The van der Waals surface area contributed by atoms with Crippen molar-refractivity contribution in [1.29, 1.82) is 0 Å². The van der Waals surface area contributed by atoms with E-state index in [1.54, 1.807) is 30.5 Å². The van der Waals surface area contributed by atoms with Crippen LogP contribution in [0, 0.1) is 5.92 Å². The lowest BCUT2D eigenvalue weighted by Crippen LogP contribution is -2.22. The van der Waals surface area contributed by atoms with E-state index in [1.165, 1.54) is 0 Å². The van der Waals surface area contributed by atoms with Gasteiger partial charge in [-0.1, -0.05) is 31.2 Å². The summed E-state index contributed by atoms with van der Waals surface area (Å²) in [6, 6.07) is 16.6. The number of amides is 1. The van der Waals surface area contributed by atoms with Crippen molar-refractivity contribution in [2.75, 3.05) is 18.2 Å². The lowest BCUT2D eigenvalue weighted by Gasteiger charge is -2.13. The molecule has 0 aliphatic heterocycles. The zero-order valence-electron chi connectivity index (χ0n) is 13.3. The Labute approximate surface area is 139 Å². The number of benzene rings is 2. The lowest BCUT2D eigenvalue weighted by molar-refractivity contribution is -0.119. The normalized spacial score (nSPS) is 13.1. The van der Waals surface area contributed by atoms with Crippen LogP contribution in [0.4, 0.5) is 5.69 Å². The van der Waals surface area contributed by atoms with Crippen LogP contribution in [0.3, 0.4) is 0 Å². The topological polar surface area (TPSA) is 55.4 Å². The van der Waals surface area contributed by atoms with Crippen molar-refractivity contribution in [2.45, 2.75) is 18.2 Å². The molecule has 0 heterocycles. The molecule has 2 atom stereocenters. The molecule has 122 valence electrons. The minimum Gasteiger partial charge on any atom is -0.494 e. The van der Waals surface area contributed by atoms with Crippen LogP contribution in [0.2, 0.25) is 0 Å². The Bertz CT molecular complexity index is 673. The molecule has 0 aromatic heterocycles. The van der Waals surface area contributed by atoms with Crippen LogP contribution in [-0.2, 0) is 15.6 Å². The summed E-state index contributed by atoms with van der Waals surface area (Å²) in [7, 11) is -1.06. The Morgan fingerprint density at radius 1 is 1.17 bits per heavy atom. The van der Waals surface area contributed by atoms with E-state index >= 15 is 0 Å². The van der Waals surface area contributed by atoms with Gasteiger partial charge in [0, 0.05) is 33.6 Å². The highest BCUT2D eigenvalue weighted by Crippen LogP contribution is 2.16. The maximum absolute atomic E-state index is 12.2. The highest BCUT2D eigenvalue weighted by atomic mass is 32.2. The van der Waals surface area contributed by atoms with Gasteiger partial charge in [0.25, 0.3) is 0 Å². The molecule has 0 spiro atoms. The molecule has 0 bridgehead atoms. The van der Waals surface area contributed by atoms with Gasteiger partial charge in [-0.2, -0.15) is 0 Å². The van der Waals surface area contributed by atoms with Gasteiger partial charge in [0.05, 0.1) is 6.61 Å². The fourth-order valence-corrected chi connectivity index (χ4v) is 2.58. The van der Waals surface area contributed by atoms with Crippen molar-refractivity contribution in [1.82, 2.24) is 0 Å². The highest BCUT2D eigenvalue weighted by Gasteiger charge is 2.13. The Morgan fingerprint density at radius 2 is 1.91 bits per heavy atom. The molecule has 4 nitrogen and oxygen atoms in total. The predicted octanol–water partition coefficient (Wildman–Crippen LogP) is 3.47. The summed E-state index contributed by atoms with van der Waals surface area (Å²) in [4.78, 5) is 12.9. The maximum atomic E-state index is 12.2. The van der Waals surface area contributed by atoms with Crippen LogP contribution in [0.25, 0.3) is 0 Å². The standard InChI is InChI=1S/C18H21NO3S/c1-14(11-12-22-16-8-4-3-5-9-16)18(20)19-15-7-6-10-17(13-15)23(2)21/h3-10,13-14H,11-12H2,1-2H3,(H,19,20). The second-order valence-corrected chi connectivity index (χ2v) is 6.70. The van der Waals surface area contributed by atoms with E-state index in [4.69, 9.17) is 4.74 Å². The van der Waals surface area contributed by atoms with Crippen LogP contribution in [0.1, 0.15) is 13.3 Å². The van der Waals surface area contributed by atoms with Gasteiger partial charge in [-0.15, -0.1) is 0 Å². The molecule has 2 aromatic rings. The number of para-hydroxylation sites is 1. The number of hydrogen-bond donors (Lipinski definition) is 1. The quantitative estimate of drug-likeness (QED) is 0.845. The number of ether oxygens (including phenoxy) is 1. The average Bonchev–Trinajstić information content (AvgIpc) is 2.56. The molecule has 5 heteroatoms. The molecule has 0 aliphatic carbocycles. The molecule has 2 unspecified atom stereocenters. The summed E-state index contributed by atoms with van der Waals surface area (Å²) >= 11 is 0. The second kappa shape index (κ2) is 8.48.